The topological polar surface area (TPSA) is 45.0 Å². The SMILES string of the molecule is Cc1ccc2c(c1)CC(CNc1cc(C#N)ccc1C)O2. The Morgan fingerprint density at radius 1 is 1.24 bits per heavy atom. The number of nitrogens with one attached hydrogen (secondary N) is 1. The van der Waals surface area contributed by atoms with Gasteiger partial charge in [-0.1, -0.05) is 23.8 Å². The van der Waals surface area contributed by atoms with Crippen molar-refractivity contribution in [3.63, 3.8) is 0 Å². The van der Waals surface area contributed by atoms with Gasteiger partial charge in [0.15, 0.2) is 0 Å². The van der Waals surface area contributed by atoms with Crippen LogP contribution < -0.4 is 10.1 Å². The molecule has 1 atom stereocenters. The average Bonchev–Trinajstić information content (AvgIpc) is 2.88. The fourth-order valence-corrected chi connectivity index (χ4v) is 2.67. The zero-order chi connectivity index (χ0) is 14.8. The third-order valence-corrected chi connectivity index (χ3v) is 3.84. The molecule has 1 aliphatic heterocycles. The van der Waals surface area contributed by atoms with E-state index in [1.165, 1.54) is 11.1 Å². The Hall–Kier alpha value is -2.47. The lowest BCUT2D eigenvalue weighted by Crippen LogP contribution is -2.24. The number of ether oxygens (including phenoxy) is 1. The molecule has 3 nitrogen and oxygen atoms in total. The van der Waals surface area contributed by atoms with E-state index in [1.54, 1.807) is 0 Å². The maximum absolute atomic E-state index is 8.97. The first-order valence-corrected chi connectivity index (χ1v) is 7.16. The number of nitriles is 1. The van der Waals surface area contributed by atoms with E-state index >= 15 is 0 Å². The largest absolute Gasteiger partial charge is 0.488 e. The Labute approximate surface area is 125 Å². The van der Waals surface area contributed by atoms with Gasteiger partial charge in [0.1, 0.15) is 11.9 Å². The van der Waals surface area contributed by atoms with Crippen LogP contribution >= 0.6 is 0 Å². The molecule has 2 aromatic carbocycles. The molecular weight excluding hydrogens is 260 g/mol. The predicted octanol–water partition coefficient (Wildman–Crippen LogP) is 3.59. The number of hydrogen-bond donors (Lipinski definition) is 1. The summed E-state index contributed by atoms with van der Waals surface area (Å²) in [7, 11) is 0. The smallest absolute Gasteiger partial charge is 0.123 e. The van der Waals surface area contributed by atoms with E-state index in [1.807, 2.05) is 31.2 Å². The van der Waals surface area contributed by atoms with Crippen LogP contribution in [-0.4, -0.2) is 12.6 Å². The quantitative estimate of drug-likeness (QED) is 0.933. The molecule has 0 amide bonds. The summed E-state index contributed by atoms with van der Waals surface area (Å²) in [6, 6.07) is 14.2. The van der Waals surface area contributed by atoms with Crippen molar-refractivity contribution in [1.29, 1.82) is 5.26 Å². The van der Waals surface area contributed by atoms with Crippen LogP contribution in [0.25, 0.3) is 0 Å². The minimum atomic E-state index is 0.145. The van der Waals surface area contributed by atoms with Crippen LogP contribution in [0.4, 0.5) is 5.69 Å². The van der Waals surface area contributed by atoms with E-state index in [0.29, 0.717) is 5.56 Å². The van der Waals surface area contributed by atoms with Crippen LogP contribution in [0.1, 0.15) is 22.3 Å². The summed E-state index contributed by atoms with van der Waals surface area (Å²) < 4.78 is 5.95. The molecule has 0 aromatic heterocycles. The first kappa shape index (κ1) is 13.5. The van der Waals surface area contributed by atoms with Gasteiger partial charge in [0.05, 0.1) is 18.2 Å². The lowest BCUT2D eigenvalue weighted by molar-refractivity contribution is 0.246. The Morgan fingerprint density at radius 2 is 2.10 bits per heavy atom. The molecule has 3 rings (SSSR count). The van der Waals surface area contributed by atoms with Crippen LogP contribution in [0, 0.1) is 25.2 Å². The van der Waals surface area contributed by atoms with Gasteiger partial charge in [-0.25, -0.2) is 0 Å². The maximum Gasteiger partial charge on any atom is 0.123 e. The molecule has 1 heterocycles. The Morgan fingerprint density at radius 3 is 2.90 bits per heavy atom. The molecule has 1 aliphatic rings. The predicted molar refractivity (Wildman–Crippen MR) is 83.7 cm³/mol. The average molecular weight is 278 g/mol. The summed E-state index contributed by atoms with van der Waals surface area (Å²) in [4.78, 5) is 0. The van der Waals surface area contributed by atoms with Crippen LogP contribution in [-0.2, 0) is 6.42 Å². The second-order valence-electron chi connectivity index (χ2n) is 5.58. The third kappa shape index (κ3) is 2.85. The highest BCUT2D eigenvalue weighted by molar-refractivity contribution is 5.55. The summed E-state index contributed by atoms with van der Waals surface area (Å²) in [6.45, 7) is 4.88. The third-order valence-electron chi connectivity index (χ3n) is 3.84. The summed E-state index contributed by atoms with van der Waals surface area (Å²) in [5.41, 5.74) is 5.37. The number of rotatable bonds is 3. The van der Waals surface area contributed by atoms with Gasteiger partial charge in [0, 0.05) is 12.1 Å². The molecule has 0 radical (unpaired) electrons. The van der Waals surface area contributed by atoms with Gasteiger partial charge in [-0.15, -0.1) is 0 Å². The molecule has 0 fully saturated rings. The Bertz CT molecular complexity index is 716. The van der Waals surface area contributed by atoms with Crippen molar-refractivity contribution in [3.8, 4) is 11.8 Å². The van der Waals surface area contributed by atoms with Gasteiger partial charge >= 0.3 is 0 Å². The van der Waals surface area contributed by atoms with Crippen LogP contribution in [0.15, 0.2) is 36.4 Å². The first-order chi connectivity index (χ1) is 10.2. The van der Waals surface area contributed by atoms with Crippen molar-refractivity contribution >= 4 is 5.69 Å². The zero-order valence-electron chi connectivity index (χ0n) is 12.3. The number of aryl methyl sites for hydroxylation is 2. The van der Waals surface area contributed by atoms with Gasteiger partial charge in [0.25, 0.3) is 0 Å². The number of benzene rings is 2. The van der Waals surface area contributed by atoms with E-state index in [9.17, 15) is 0 Å². The number of anilines is 1. The summed E-state index contributed by atoms with van der Waals surface area (Å²) in [6.07, 6.45) is 1.08. The molecule has 0 aliphatic carbocycles. The zero-order valence-corrected chi connectivity index (χ0v) is 12.3. The summed E-state index contributed by atoms with van der Waals surface area (Å²) in [5, 5.41) is 12.4. The molecule has 3 heteroatoms. The molecule has 0 saturated carbocycles. The van der Waals surface area contributed by atoms with E-state index in [-0.39, 0.29) is 6.10 Å². The van der Waals surface area contributed by atoms with Crippen molar-refractivity contribution in [3.05, 3.63) is 58.7 Å². The molecule has 21 heavy (non-hydrogen) atoms. The first-order valence-electron chi connectivity index (χ1n) is 7.16. The minimum absolute atomic E-state index is 0.145. The highest BCUT2D eigenvalue weighted by Crippen LogP contribution is 2.29. The van der Waals surface area contributed by atoms with Gasteiger partial charge < -0.3 is 10.1 Å². The number of fused-ring (bicyclic) bond motifs is 1. The van der Waals surface area contributed by atoms with E-state index in [0.717, 1.165) is 30.0 Å². The number of nitrogens with zero attached hydrogens (tertiary/aromatic N) is 1. The molecule has 0 spiro atoms. The van der Waals surface area contributed by atoms with Gasteiger partial charge in [-0.2, -0.15) is 5.26 Å². The molecule has 0 bridgehead atoms. The van der Waals surface area contributed by atoms with E-state index in [4.69, 9.17) is 10.00 Å². The summed E-state index contributed by atoms with van der Waals surface area (Å²) >= 11 is 0. The standard InChI is InChI=1S/C18H18N2O/c1-12-3-6-18-15(7-12)9-16(21-18)11-20-17-8-14(10-19)5-4-13(17)2/h3-8,16,20H,9,11H2,1-2H3. The molecule has 106 valence electrons. The fraction of sp³-hybridized carbons (Fsp3) is 0.278. The van der Waals surface area contributed by atoms with E-state index in [2.05, 4.69) is 30.4 Å². The van der Waals surface area contributed by atoms with Crippen molar-refractivity contribution in [2.75, 3.05) is 11.9 Å². The monoisotopic (exact) mass is 278 g/mol. The van der Waals surface area contributed by atoms with E-state index < -0.39 is 0 Å². The molecular formula is C18H18N2O. The Kier molecular flexibility index (Phi) is 3.53. The normalized spacial score (nSPS) is 16.0. The van der Waals surface area contributed by atoms with Crippen LogP contribution in [0.3, 0.4) is 0 Å². The highest BCUT2D eigenvalue weighted by atomic mass is 16.5. The van der Waals surface area contributed by atoms with Gasteiger partial charge in [0.2, 0.25) is 0 Å². The molecule has 2 aromatic rings. The van der Waals surface area contributed by atoms with Crippen molar-refractivity contribution in [2.45, 2.75) is 26.4 Å². The summed E-state index contributed by atoms with van der Waals surface area (Å²) in [5.74, 6) is 0.995. The van der Waals surface area contributed by atoms with Crippen molar-refractivity contribution < 1.29 is 4.74 Å². The lowest BCUT2D eigenvalue weighted by Gasteiger charge is -2.14. The molecule has 1 N–H and O–H groups in total. The second-order valence-corrected chi connectivity index (χ2v) is 5.58. The van der Waals surface area contributed by atoms with Crippen LogP contribution in [0.5, 0.6) is 5.75 Å². The minimum Gasteiger partial charge on any atom is -0.488 e. The van der Waals surface area contributed by atoms with Crippen molar-refractivity contribution in [2.24, 2.45) is 0 Å². The van der Waals surface area contributed by atoms with Gasteiger partial charge in [-0.3, -0.25) is 0 Å². The molecule has 0 saturated heterocycles. The lowest BCUT2D eigenvalue weighted by atomic mass is 10.1. The molecule has 1 unspecified atom stereocenters. The van der Waals surface area contributed by atoms with Gasteiger partial charge in [-0.05, 0) is 43.2 Å². The maximum atomic E-state index is 8.97. The second kappa shape index (κ2) is 5.49. The fourth-order valence-electron chi connectivity index (χ4n) is 2.67. The Balaban J connectivity index is 1.66. The van der Waals surface area contributed by atoms with Crippen LogP contribution in [0.2, 0.25) is 0 Å². The van der Waals surface area contributed by atoms with Crippen molar-refractivity contribution in [1.82, 2.24) is 0 Å². The highest BCUT2D eigenvalue weighted by Gasteiger charge is 2.22. The number of hydrogen-bond acceptors (Lipinski definition) is 3.